The van der Waals surface area contributed by atoms with Crippen molar-refractivity contribution >= 4 is 5.91 Å². The third-order valence-corrected chi connectivity index (χ3v) is 3.15. The third-order valence-electron chi connectivity index (χ3n) is 3.15. The van der Waals surface area contributed by atoms with Gasteiger partial charge in [-0.2, -0.15) is 0 Å². The van der Waals surface area contributed by atoms with Gasteiger partial charge >= 0.3 is 0 Å². The summed E-state index contributed by atoms with van der Waals surface area (Å²) < 4.78 is 0. The predicted molar refractivity (Wildman–Crippen MR) is 83.0 cm³/mol. The van der Waals surface area contributed by atoms with Crippen molar-refractivity contribution in [3.05, 3.63) is 71.8 Å². The molecular formula is C17H20N2O2. The number of aliphatic hydroxyl groups is 1. The molecule has 0 aromatic heterocycles. The lowest BCUT2D eigenvalue weighted by Gasteiger charge is -2.12. The molecule has 0 saturated carbocycles. The Kier molecular flexibility index (Phi) is 5.94. The fraction of sp³-hybridized carbons (Fsp3) is 0.235. The average molecular weight is 284 g/mol. The molecule has 4 nitrogen and oxygen atoms in total. The van der Waals surface area contributed by atoms with E-state index in [1.807, 2.05) is 48.5 Å². The van der Waals surface area contributed by atoms with Crippen LogP contribution in [-0.4, -0.2) is 30.6 Å². The first-order chi connectivity index (χ1) is 10.3. The maximum atomic E-state index is 11.8. The van der Waals surface area contributed by atoms with Crippen molar-refractivity contribution in [1.82, 2.24) is 10.6 Å². The summed E-state index contributed by atoms with van der Waals surface area (Å²) in [6.45, 7) is 1.60. The second kappa shape index (κ2) is 8.19. The highest BCUT2D eigenvalue weighted by molar-refractivity contribution is 5.94. The van der Waals surface area contributed by atoms with Crippen molar-refractivity contribution in [2.45, 2.75) is 6.10 Å². The van der Waals surface area contributed by atoms with E-state index < -0.39 is 6.10 Å². The number of amides is 1. The Bertz CT molecular complexity index is 543. The molecule has 0 radical (unpaired) electrons. The van der Waals surface area contributed by atoms with E-state index in [4.69, 9.17) is 0 Å². The third kappa shape index (κ3) is 5.02. The topological polar surface area (TPSA) is 61.4 Å². The number of aliphatic hydroxyl groups excluding tert-OH is 1. The quantitative estimate of drug-likeness (QED) is 0.679. The van der Waals surface area contributed by atoms with Crippen LogP contribution in [0.25, 0.3) is 0 Å². The van der Waals surface area contributed by atoms with Crippen LogP contribution in [0.5, 0.6) is 0 Å². The summed E-state index contributed by atoms with van der Waals surface area (Å²) >= 11 is 0. The van der Waals surface area contributed by atoms with Gasteiger partial charge in [-0.25, -0.2) is 0 Å². The normalized spacial score (nSPS) is 11.9. The Labute approximate surface area is 124 Å². The van der Waals surface area contributed by atoms with Crippen molar-refractivity contribution in [3.8, 4) is 0 Å². The summed E-state index contributed by atoms with van der Waals surface area (Å²) in [7, 11) is 0. The number of carbonyl (C=O) groups is 1. The molecule has 0 heterocycles. The van der Waals surface area contributed by atoms with Gasteiger partial charge in [0.05, 0.1) is 6.10 Å². The Morgan fingerprint density at radius 3 is 2.24 bits per heavy atom. The molecule has 1 amide bonds. The standard InChI is InChI=1S/C17H20N2O2/c20-16(14-7-3-1-4-8-14)13-18-11-12-19-17(21)15-9-5-2-6-10-15/h1-10,16,18,20H,11-13H2,(H,19,21)/t16-/m1/s1. The molecule has 2 rings (SSSR count). The minimum atomic E-state index is -0.531. The average Bonchev–Trinajstić information content (AvgIpc) is 2.55. The van der Waals surface area contributed by atoms with Crippen LogP contribution < -0.4 is 10.6 Å². The van der Waals surface area contributed by atoms with Gasteiger partial charge in [0, 0.05) is 25.2 Å². The summed E-state index contributed by atoms with van der Waals surface area (Å²) in [5.74, 6) is -0.0824. The highest BCUT2D eigenvalue weighted by Crippen LogP contribution is 2.10. The molecule has 0 spiro atoms. The summed E-state index contributed by atoms with van der Waals surface area (Å²) in [5, 5.41) is 15.9. The van der Waals surface area contributed by atoms with Crippen molar-refractivity contribution in [1.29, 1.82) is 0 Å². The minimum Gasteiger partial charge on any atom is -0.387 e. The molecule has 0 bridgehead atoms. The first kappa shape index (κ1) is 15.2. The van der Waals surface area contributed by atoms with Gasteiger partial charge in [0.25, 0.3) is 5.91 Å². The lowest BCUT2D eigenvalue weighted by Crippen LogP contribution is -2.33. The Morgan fingerprint density at radius 1 is 0.952 bits per heavy atom. The van der Waals surface area contributed by atoms with Gasteiger partial charge in [-0.1, -0.05) is 48.5 Å². The van der Waals surface area contributed by atoms with Crippen molar-refractivity contribution in [3.63, 3.8) is 0 Å². The summed E-state index contributed by atoms with van der Waals surface area (Å²) in [5.41, 5.74) is 1.54. The van der Waals surface area contributed by atoms with Gasteiger partial charge in [0.15, 0.2) is 0 Å². The van der Waals surface area contributed by atoms with E-state index >= 15 is 0 Å². The molecule has 0 aliphatic rings. The van der Waals surface area contributed by atoms with Crippen LogP contribution in [-0.2, 0) is 0 Å². The SMILES string of the molecule is O=C(NCCNC[C@@H](O)c1ccccc1)c1ccccc1. The number of rotatable bonds is 7. The van der Waals surface area contributed by atoms with Crippen LogP contribution in [0.1, 0.15) is 22.0 Å². The molecule has 1 atom stereocenters. The Morgan fingerprint density at radius 2 is 1.57 bits per heavy atom. The monoisotopic (exact) mass is 284 g/mol. The number of benzene rings is 2. The summed E-state index contributed by atoms with van der Waals surface area (Å²) in [4.78, 5) is 11.8. The maximum Gasteiger partial charge on any atom is 0.251 e. The number of hydrogen-bond acceptors (Lipinski definition) is 3. The zero-order valence-corrected chi connectivity index (χ0v) is 11.8. The van der Waals surface area contributed by atoms with Gasteiger partial charge in [-0.15, -0.1) is 0 Å². The molecule has 110 valence electrons. The minimum absolute atomic E-state index is 0.0824. The van der Waals surface area contributed by atoms with Crippen LogP contribution in [0.4, 0.5) is 0 Å². The zero-order chi connectivity index (χ0) is 14.9. The molecule has 0 unspecified atom stereocenters. The first-order valence-corrected chi connectivity index (χ1v) is 7.04. The van der Waals surface area contributed by atoms with E-state index in [9.17, 15) is 9.90 Å². The number of nitrogens with one attached hydrogen (secondary N) is 2. The molecule has 21 heavy (non-hydrogen) atoms. The molecule has 2 aromatic rings. The van der Waals surface area contributed by atoms with E-state index in [2.05, 4.69) is 10.6 Å². The largest absolute Gasteiger partial charge is 0.387 e. The fourth-order valence-electron chi connectivity index (χ4n) is 1.99. The first-order valence-electron chi connectivity index (χ1n) is 7.04. The van der Waals surface area contributed by atoms with Gasteiger partial charge in [0.1, 0.15) is 0 Å². The molecule has 0 fully saturated rings. The molecule has 0 aliphatic heterocycles. The van der Waals surface area contributed by atoms with Crippen LogP contribution in [0.3, 0.4) is 0 Å². The highest BCUT2D eigenvalue weighted by Gasteiger charge is 2.06. The van der Waals surface area contributed by atoms with Gasteiger partial charge < -0.3 is 15.7 Å². The van der Waals surface area contributed by atoms with E-state index in [1.54, 1.807) is 12.1 Å². The van der Waals surface area contributed by atoms with Crippen LogP contribution in [0, 0.1) is 0 Å². The Hall–Kier alpha value is -2.17. The van der Waals surface area contributed by atoms with Crippen molar-refractivity contribution in [2.24, 2.45) is 0 Å². The molecule has 4 heteroatoms. The van der Waals surface area contributed by atoms with Gasteiger partial charge in [-0.05, 0) is 17.7 Å². The number of carbonyl (C=O) groups excluding carboxylic acids is 1. The lowest BCUT2D eigenvalue weighted by atomic mass is 10.1. The second-order valence-corrected chi connectivity index (χ2v) is 4.75. The van der Waals surface area contributed by atoms with E-state index in [-0.39, 0.29) is 5.91 Å². The maximum absolute atomic E-state index is 11.8. The molecule has 2 aromatic carbocycles. The summed E-state index contributed by atoms with van der Waals surface area (Å²) in [6, 6.07) is 18.6. The van der Waals surface area contributed by atoms with Gasteiger partial charge in [-0.3, -0.25) is 4.79 Å². The van der Waals surface area contributed by atoms with Gasteiger partial charge in [0.2, 0.25) is 0 Å². The lowest BCUT2D eigenvalue weighted by molar-refractivity contribution is 0.0953. The van der Waals surface area contributed by atoms with Crippen molar-refractivity contribution < 1.29 is 9.90 Å². The predicted octanol–water partition coefficient (Wildman–Crippen LogP) is 1.74. The zero-order valence-electron chi connectivity index (χ0n) is 11.8. The molecule has 0 aliphatic carbocycles. The van der Waals surface area contributed by atoms with Crippen LogP contribution in [0.2, 0.25) is 0 Å². The molecular weight excluding hydrogens is 264 g/mol. The fourth-order valence-corrected chi connectivity index (χ4v) is 1.99. The highest BCUT2D eigenvalue weighted by atomic mass is 16.3. The summed E-state index contributed by atoms with van der Waals surface area (Å²) in [6.07, 6.45) is -0.531. The van der Waals surface area contributed by atoms with Crippen molar-refractivity contribution in [2.75, 3.05) is 19.6 Å². The van der Waals surface area contributed by atoms with E-state index in [0.29, 0.717) is 25.2 Å². The number of hydrogen-bond donors (Lipinski definition) is 3. The van der Waals surface area contributed by atoms with E-state index in [0.717, 1.165) is 5.56 Å². The van der Waals surface area contributed by atoms with Crippen LogP contribution >= 0.6 is 0 Å². The van der Waals surface area contributed by atoms with E-state index in [1.165, 1.54) is 0 Å². The smallest absolute Gasteiger partial charge is 0.251 e. The second-order valence-electron chi connectivity index (χ2n) is 4.75. The molecule has 0 saturated heterocycles. The van der Waals surface area contributed by atoms with Crippen LogP contribution in [0.15, 0.2) is 60.7 Å². The Balaban J connectivity index is 1.63. The molecule has 3 N–H and O–H groups in total.